The molecule has 0 fully saturated rings. The van der Waals surface area contributed by atoms with Gasteiger partial charge in [0, 0.05) is 16.2 Å². The molecule has 0 spiro atoms. The van der Waals surface area contributed by atoms with Crippen LogP contribution >= 0.6 is 0 Å². The molecular formula is C45H37BN2O2. The van der Waals surface area contributed by atoms with Gasteiger partial charge in [-0.1, -0.05) is 114 Å². The fourth-order valence-electron chi connectivity index (χ4n) is 8.09. The Kier molecular flexibility index (Phi) is 5.88. The third-order valence-electron chi connectivity index (χ3n) is 10.8. The van der Waals surface area contributed by atoms with Crippen molar-refractivity contribution >= 4 is 61.5 Å². The van der Waals surface area contributed by atoms with E-state index in [9.17, 15) is 0 Å². The molecular weight excluding hydrogens is 611 g/mol. The van der Waals surface area contributed by atoms with Gasteiger partial charge in [0.15, 0.2) is 0 Å². The molecule has 0 saturated carbocycles. The summed E-state index contributed by atoms with van der Waals surface area (Å²) in [6.45, 7) is 13.6. The van der Waals surface area contributed by atoms with Crippen molar-refractivity contribution in [2.24, 2.45) is 0 Å². The van der Waals surface area contributed by atoms with E-state index in [2.05, 4.69) is 161 Å². The predicted molar refractivity (Wildman–Crippen MR) is 208 cm³/mol. The topological polar surface area (TPSA) is 35.8 Å². The molecule has 0 unspecified atom stereocenters. The number of nitrogens with zero attached hydrogens (tertiary/aromatic N) is 2. The number of hydrogen-bond donors (Lipinski definition) is 0. The van der Waals surface area contributed by atoms with Gasteiger partial charge in [-0.25, -0.2) is 4.98 Å². The molecule has 0 bridgehead atoms. The van der Waals surface area contributed by atoms with Gasteiger partial charge in [0.1, 0.15) is 28.6 Å². The monoisotopic (exact) mass is 648 g/mol. The van der Waals surface area contributed by atoms with E-state index in [4.69, 9.17) is 14.5 Å². The summed E-state index contributed by atoms with van der Waals surface area (Å²) < 4.78 is 16.0. The van der Waals surface area contributed by atoms with Crippen molar-refractivity contribution in [3.8, 4) is 34.1 Å². The largest absolute Gasteiger partial charge is 0.458 e. The van der Waals surface area contributed by atoms with Gasteiger partial charge in [-0.3, -0.25) is 4.40 Å². The van der Waals surface area contributed by atoms with Crippen LogP contribution in [0.2, 0.25) is 0 Å². The summed E-state index contributed by atoms with van der Waals surface area (Å²) in [5.74, 6) is 3.51. The van der Waals surface area contributed by atoms with Gasteiger partial charge in [0.2, 0.25) is 0 Å². The van der Waals surface area contributed by atoms with Gasteiger partial charge < -0.3 is 9.47 Å². The Morgan fingerprint density at radius 1 is 0.520 bits per heavy atom. The number of fused-ring (bicyclic) bond motifs is 12. The van der Waals surface area contributed by atoms with Crippen molar-refractivity contribution in [3.63, 3.8) is 0 Å². The number of ether oxygens (including phenoxy) is 2. The van der Waals surface area contributed by atoms with Crippen LogP contribution in [0.5, 0.6) is 23.0 Å². The lowest BCUT2D eigenvalue weighted by Gasteiger charge is -2.35. The maximum atomic E-state index is 6.83. The highest BCUT2D eigenvalue weighted by atomic mass is 16.5. The highest BCUT2D eigenvalue weighted by molar-refractivity contribution is 6.98. The number of benzene rings is 6. The molecule has 8 aromatic rings. The summed E-state index contributed by atoms with van der Waals surface area (Å²) in [5.41, 5.74) is 12.4. The first kappa shape index (κ1) is 29.4. The molecule has 10 rings (SSSR count). The van der Waals surface area contributed by atoms with Crippen LogP contribution in [0.3, 0.4) is 0 Å². The molecule has 0 radical (unpaired) electrons. The number of hydrogen-bond acceptors (Lipinski definition) is 3. The van der Waals surface area contributed by atoms with Crippen LogP contribution in [0.25, 0.3) is 49.5 Å². The average Bonchev–Trinajstić information content (AvgIpc) is 3.50. The maximum Gasteiger partial charge on any atom is 0.260 e. The summed E-state index contributed by atoms with van der Waals surface area (Å²) in [7, 11) is 0. The lowest BCUT2D eigenvalue weighted by Crippen LogP contribution is -2.57. The number of imidazole rings is 1. The zero-order valence-electron chi connectivity index (χ0n) is 29.3. The molecule has 6 aromatic carbocycles. The van der Waals surface area contributed by atoms with Crippen molar-refractivity contribution < 1.29 is 9.47 Å². The Morgan fingerprint density at radius 2 is 1.12 bits per heavy atom. The van der Waals surface area contributed by atoms with Gasteiger partial charge in [0.05, 0.1) is 16.6 Å². The van der Waals surface area contributed by atoms with E-state index in [0.717, 1.165) is 67.2 Å². The number of aromatic nitrogens is 2. The standard InChI is InChI=1S/C45H37BN2O2/c1-44(2,3)28-16-19-38-33(24-28)46-34-25-29(45(4,5)6)17-20-39(34)50-41-23-27(22-40(49-38)42(41)46)26-15-18-31-30-11-7-8-12-32(30)43-47-35-13-9-10-14-36(35)48(43)37(31)21-26/h7-25H,1-6H3. The van der Waals surface area contributed by atoms with E-state index in [1.807, 2.05) is 0 Å². The average molecular weight is 649 g/mol. The Balaban J connectivity index is 1.21. The lowest BCUT2D eigenvalue weighted by atomic mass is 9.34. The zero-order chi connectivity index (χ0) is 34.1. The highest BCUT2D eigenvalue weighted by Crippen LogP contribution is 2.41. The van der Waals surface area contributed by atoms with Crippen molar-refractivity contribution in [3.05, 3.63) is 126 Å². The fourth-order valence-corrected chi connectivity index (χ4v) is 8.09. The normalized spacial score (nSPS) is 13.7. The van der Waals surface area contributed by atoms with E-state index in [1.54, 1.807) is 0 Å². The number of pyridine rings is 1. The van der Waals surface area contributed by atoms with Crippen molar-refractivity contribution in [2.45, 2.75) is 52.4 Å². The fraction of sp³-hybridized carbons (Fsp3) is 0.178. The molecule has 0 saturated heterocycles. The smallest absolute Gasteiger partial charge is 0.260 e. The molecule has 2 aliphatic heterocycles. The zero-order valence-corrected chi connectivity index (χ0v) is 29.3. The molecule has 4 heterocycles. The van der Waals surface area contributed by atoms with E-state index < -0.39 is 0 Å². The van der Waals surface area contributed by atoms with Gasteiger partial charge >= 0.3 is 0 Å². The van der Waals surface area contributed by atoms with Crippen molar-refractivity contribution in [1.82, 2.24) is 9.38 Å². The third kappa shape index (κ3) is 4.22. The van der Waals surface area contributed by atoms with E-state index in [-0.39, 0.29) is 17.5 Å². The van der Waals surface area contributed by atoms with Crippen LogP contribution in [0.4, 0.5) is 0 Å². The second-order valence-electron chi connectivity index (χ2n) is 16.1. The van der Waals surface area contributed by atoms with Crippen LogP contribution in [0.1, 0.15) is 52.7 Å². The van der Waals surface area contributed by atoms with Crippen molar-refractivity contribution in [2.75, 3.05) is 0 Å². The molecule has 0 aliphatic carbocycles. The van der Waals surface area contributed by atoms with Crippen LogP contribution in [0.15, 0.2) is 115 Å². The maximum absolute atomic E-state index is 6.83. The SMILES string of the molecule is CC(C)(C)c1ccc2c(c1)B1c3cc(C(C)(C)C)ccc3Oc3cc(-c4ccc5c6ccccc6c6nc7ccccc7n6c5c4)cc(c31)O2. The third-order valence-corrected chi connectivity index (χ3v) is 10.8. The summed E-state index contributed by atoms with van der Waals surface area (Å²) >= 11 is 0. The minimum atomic E-state index is 0.00561. The molecule has 2 aromatic heterocycles. The molecule has 0 atom stereocenters. The summed E-state index contributed by atoms with van der Waals surface area (Å²) in [4.78, 5) is 5.10. The van der Waals surface area contributed by atoms with Crippen molar-refractivity contribution in [1.29, 1.82) is 0 Å². The van der Waals surface area contributed by atoms with Crippen LogP contribution < -0.4 is 25.9 Å². The van der Waals surface area contributed by atoms with Gasteiger partial charge in [-0.2, -0.15) is 0 Å². The van der Waals surface area contributed by atoms with Gasteiger partial charge in [-0.15, -0.1) is 0 Å². The molecule has 4 nitrogen and oxygen atoms in total. The second kappa shape index (κ2) is 10.0. The lowest BCUT2D eigenvalue weighted by molar-refractivity contribution is 0.464. The van der Waals surface area contributed by atoms with E-state index in [0.29, 0.717) is 0 Å². The highest BCUT2D eigenvalue weighted by Gasteiger charge is 2.41. The minimum Gasteiger partial charge on any atom is -0.458 e. The summed E-state index contributed by atoms with van der Waals surface area (Å²) in [6, 6.07) is 41.6. The molecule has 0 N–H and O–H groups in total. The molecule has 0 amide bonds. The first-order valence-electron chi connectivity index (χ1n) is 17.6. The first-order chi connectivity index (χ1) is 24.0. The Bertz CT molecular complexity index is 2660. The Hall–Kier alpha value is -5.55. The number of rotatable bonds is 1. The first-order valence-corrected chi connectivity index (χ1v) is 17.6. The minimum absolute atomic E-state index is 0.00561. The molecule has 5 heteroatoms. The quantitative estimate of drug-likeness (QED) is 0.131. The summed E-state index contributed by atoms with van der Waals surface area (Å²) in [6.07, 6.45) is 0. The number of para-hydroxylation sites is 2. The Labute approximate surface area is 292 Å². The molecule has 2 aliphatic rings. The Morgan fingerprint density at radius 3 is 1.76 bits per heavy atom. The van der Waals surface area contributed by atoms with E-state index >= 15 is 0 Å². The molecule has 50 heavy (non-hydrogen) atoms. The van der Waals surface area contributed by atoms with Crippen LogP contribution in [-0.2, 0) is 10.8 Å². The van der Waals surface area contributed by atoms with Crippen LogP contribution in [-0.4, -0.2) is 16.1 Å². The van der Waals surface area contributed by atoms with Gasteiger partial charge in [-0.05, 0) is 91.9 Å². The van der Waals surface area contributed by atoms with E-state index in [1.165, 1.54) is 32.8 Å². The van der Waals surface area contributed by atoms with Gasteiger partial charge in [0.25, 0.3) is 6.71 Å². The molecule has 242 valence electrons. The predicted octanol–water partition coefficient (Wildman–Crippen LogP) is 9.78. The summed E-state index contributed by atoms with van der Waals surface area (Å²) in [5, 5.41) is 3.54. The second-order valence-corrected chi connectivity index (χ2v) is 16.1. The van der Waals surface area contributed by atoms with Crippen LogP contribution in [0, 0.1) is 0 Å².